The van der Waals surface area contributed by atoms with Crippen LogP contribution >= 0.6 is 11.8 Å². The Morgan fingerprint density at radius 3 is 2.63 bits per heavy atom. The maximum Gasteiger partial charge on any atom is 0.446 e. The van der Waals surface area contributed by atoms with Crippen molar-refractivity contribution in [2.75, 3.05) is 5.32 Å². The van der Waals surface area contributed by atoms with E-state index < -0.39 is 17.5 Å². The predicted octanol–water partition coefficient (Wildman–Crippen LogP) is 3.36. The minimum Gasteiger partial charge on any atom is -0.324 e. The Morgan fingerprint density at radius 2 is 2.05 bits per heavy atom. The number of nitrogens with one attached hydrogen (secondary N) is 1. The van der Waals surface area contributed by atoms with Gasteiger partial charge in [-0.1, -0.05) is 25.5 Å². The van der Waals surface area contributed by atoms with Gasteiger partial charge in [0.25, 0.3) is 0 Å². The van der Waals surface area contributed by atoms with Crippen LogP contribution in [0.3, 0.4) is 0 Å². The molecule has 0 aromatic heterocycles. The van der Waals surface area contributed by atoms with Gasteiger partial charge in [0, 0.05) is 4.90 Å². The van der Waals surface area contributed by atoms with Crippen LogP contribution in [0.25, 0.3) is 0 Å². The minimum atomic E-state index is -4.40. The van der Waals surface area contributed by atoms with E-state index in [0.29, 0.717) is 6.42 Å². The third kappa shape index (κ3) is 5.52. The van der Waals surface area contributed by atoms with Gasteiger partial charge in [-0.2, -0.15) is 13.2 Å². The number of benzene rings is 1. The summed E-state index contributed by atoms with van der Waals surface area (Å²) in [5, 5.41) is 2.43. The summed E-state index contributed by atoms with van der Waals surface area (Å²) >= 11 is -0.261. The van der Waals surface area contributed by atoms with E-state index in [4.69, 9.17) is 5.73 Å². The highest BCUT2D eigenvalue weighted by Gasteiger charge is 2.30. The van der Waals surface area contributed by atoms with Gasteiger partial charge in [0.05, 0.1) is 11.7 Å². The molecule has 0 aliphatic carbocycles. The number of anilines is 1. The summed E-state index contributed by atoms with van der Waals surface area (Å²) in [6, 6.07) is 5.05. The van der Waals surface area contributed by atoms with E-state index in [1.54, 1.807) is 6.07 Å². The average molecular weight is 292 g/mol. The van der Waals surface area contributed by atoms with Crippen LogP contribution in [0, 0.1) is 0 Å². The summed E-state index contributed by atoms with van der Waals surface area (Å²) in [5.74, 6) is -0.475. The lowest BCUT2D eigenvalue weighted by molar-refractivity contribution is -0.117. The Labute approximate surface area is 113 Å². The topological polar surface area (TPSA) is 55.1 Å². The Hall–Kier alpha value is -1.21. The van der Waals surface area contributed by atoms with Crippen LogP contribution in [0.1, 0.15) is 19.8 Å². The van der Waals surface area contributed by atoms with Crippen molar-refractivity contribution in [2.45, 2.75) is 36.2 Å². The van der Waals surface area contributed by atoms with Gasteiger partial charge in [-0.3, -0.25) is 4.79 Å². The van der Waals surface area contributed by atoms with Crippen molar-refractivity contribution in [1.82, 2.24) is 0 Å². The second-order valence-corrected chi connectivity index (χ2v) is 5.04. The van der Waals surface area contributed by atoms with Gasteiger partial charge in [0.1, 0.15) is 0 Å². The summed E-state index contributed by atoms with van der Waals surface area (Å²) in [6.07, 6.45) is 1.22. The van der Waals surface area contributed by atoms with Crippen LogP contribution in [0.2, 0.25) is 0 Å². The van der Waals surface area contributed by atoms with Crippen molar-refractivity contribution in [1.29, 1.82) is 0 Å². The third-order valence-corrected chi connectivity index (χ3v) is 3.11. The molecule has 7 heteroatoms. The number of alkyl halides is 3. The fourth-order valence-corrected chi connectivity index (χ4v) is 2.08. The first-order valence-electron chi connectivity index (χ1n) is 5.74. The van der Waals surface area contributed by atoms with Gasteiger partial charge in [-0.15, -0.1) is 0 Å². The first-order chi connectivity index (χ1) is 8.83. The minimum absolute atomic E-state index is 0.0490. The average Bonchev–Trinajstić information content (AvgIpc) is 2.30. The van der Waals surface area contributed by atoms with Crippen LogP contribution in [0.4, 0.5) is 18.9 Å². The third-order valence-electron chi connectivity index (χ3n) is 2.31. The molecule has 1 aromatic carbocycles. The zero-order valence-electron chi connectivity index (χ0n) is 10.3. The van der Waals surface area contributed by atoms with E-state index >= 15 is 0 Å². The molecule has 0 saturated heterocycles. The molecule has 0 aliphatic heterocycles. The van der Waals surface area contributed by atoms with E-state index in [-0.39, 0.29) is 22.3 Å². The van der Waals surface area contributed by atoms with Crippen molar-refractivity contribution in [2.24, 2.45) is 5.73 Å². The van der Waals surface area contributed by atoms with E-state index in [1.165, 1.54) is 18.2 Å². The second-order valence-electron chi connectivity index (χ2n) is 3.93. The van der Waals surface area contributed by atoms with Crippen molar-refractivity contribution >= 4 is 23.4 Å². The number of rotatable bonds is 5. The summed E-state index contributed by atoms with van der Waals surface area (Å²) in [7, 11) is 0. The SMILES string of the molecule is CCC[C@H](N)C(=O)Nc1ccccc1SC(F)(F)F. The van der Waals surface area contributed by atoms with E-state index in [2.05, 4.69) is 5.32 Å². The normalized spacial score (nSPS) is 13.1. The fourth-order valence-electron chi connectivity index (χ4n) is 1.45. The summed E-state index contributed by atoms with van der Waals surface area (Å²) < 4.78 is 37.1. The molecule has 1 amide bonds. The number of halogens is 3. The van der Waals surface area contributed by atoms with Gasteiger partial charge in [0.2, 0.25) is 5.91 Å². The van der Waals surface area contributed by atoms with E-state index in [0.717, 1.165) is 6.42 Å². The largest absolute Gasteiger partial charge is 0.446 e. The quantitative estimate of drug-likeness (QED) is 0.818. The summed E-state index contributed by atoms with van der Waals surface area (Å²) in [4.78, 5) is 11.6. The lowest BCUT2D eigenvalue weighted by Gasteiger charge is -2.14. The van der Waals surface area contributed by atoms with Gasteiger partial charge in [-0.05, 0) is 30.3 Å². The Bertz CT molecular complexity index is 437. The van der Waals surface area contributed by atoms with Crippen molar-refractivity contribution in [3.63, 3.8) is 0 Å². The number of nitrogens with two attached hydrogens (primary N) is 1. The standard InChI is InChI=1S/C12H15F3N2OS/c1-2-5-8(16)11(18)17-9-6-3-4-7-10(9)19-12(13,14)15/h3-4,6-8H,2,5,16H2,1H3,(H,17,18)/t8-/m0/s1. The van der Waals surface area contributed by atoms with Gasteiger partial charge >= 0.3 is 5.51 Å². The molecule has 0 spiro atoms. The highest BCUT2D eigenvalue weighted by Crippen LogP contribution is 2.40. The molecule has 1 rings (SSSR count). The van der Waals surface area contributed by atoms with Crippen LogP contribution in [0.5, 0.6) is 0 Å². The van der Waals surface area contributed by atoms with E-state index in [1.807, 2.05) is 6.92 Å². The maximum absolute atomic E-state index is 12.4. The molecule has 0 aliphatic rings. The molecular formula is C12H15F3N2OS. The molecule has 106 valence electrons. The number of para-hydroxylation sites is 1. The van der Waals surface area contributed by atoms with E-state index in [9.17, 15) is 18.0 Å². The number of amides is 1. The van der Waals surface area contributed by atoms with Crippen molar-refractivity contribution < 1.29 is 18.0 Å². The summed E-state index contributed by atoms with van der Waals surface area (Å²) in [5.41, 5.74) is 1.34. The number of thioether (sulfide) groups is 1. The lowest BCUT2D eigenvalue weighted by Crippen LogP contribution is -2.35. The number of carbonyl (C=O) groups is 1. The van der Waals surface area contributed by atoms with Crippen LogP contribution in [-0.2, 0) is 4.79 Å². The van der Waals surface area contributed by atoms with Crippen LogP contribution in [-0.4, -0.2) is 17.5 Å². The number of carbonyl (C=O) groups excluding carboxylic acids is 1. The molecule has 0 radical (unpaired) electrons. The van der Waals surface area contributed by atoms with Crippen LogP contribution < -0.4 is 11.1 Å². The van der Waals surface area contributed by atoms with Crippen molar-refractivity contribution in [3.05, 3.63) is 24.3 Å². The highest BCUT2D eigenvalue weighted by molar-refractivity contribution is 8.00. The molecule has 0 heterocycles. The molecule has 19 heavy (non-hydrogen) atoms. The van der Waals surface area contributed by atoms with Crippen molar-refractivity contribution in [3.8, 4) is 0 Å². The van der Waals surface area contributed by atoms with Gasteiger partial charge < -0.3 is 11.1 Å². The molecule has 0 bridgehead atoms. The first-order valence-corrected chi connectivity index (χ1v) is 6.56. The molecule has 3 nitrogen and oxygen atoms in total. The predicted molar refractivity (Wildman–Crippen MR) is 69.9 cm³/mol. The summed E-state index contributed by atoms with van der Waals surface area (Å²) in [6.45, 7) is 1.88. The first kappa shape index (κ1) is 15.8. The molecule has 0 saturated carbocycles. The fraction of sp³-hybridized carbons (Fsp3) is 0.417. The maximum atomic E-state index is 12.4. The lowest BCUT2D eigenvalue weighted by atomic mass is 10.1. The highest BCUT2D eigenvalue weighted by atomic mass is 32.2. The molecule has 1 atom stereocenters. The molecule has 3 N–H and O–H groups in total. The molecule has 0 fully saturated rings. The monoisotopic (exact) mass is 292 g/mol. The number of hydrogen-bond acceptors (Lipinski definition) is 3. The smallest absolute Gasteiger partial charge is 0.324 e. The Morgan fingerprint density at radius 1 is 1.42 bits per heavy atom. The van der Waals surface area contributed by atoms with Gasteiger partial charge in [-0.25, -0.2) is 0 Å². The number of hydrogen-bond donors (Lipinski definition) is 2. The Kier molecular flexibility index (Phi) is 5.68. The zero-order valence-corrected chi connectivity index (χ0v) is 11.1. The Balaban J connectivity index is 2.81. The molecule has 0 unspecified atom stereocenters. The van der Waals surface area contributed by atoms with Gasteiger partial charge in [0.15, 0.2) is 0 Å². The van der Waals surface area contributed by atoms with Crippen LogP contribution in [0.15, 0.2) is 29.2 Å². The molecule has 1 aromatic rings. The molecular weight excluding hydrogens is 277 g/mol. The zero-order chi connectivity index (χ0) is 14.5. The second kappa shape index (κ2) is 6.81.